The van der Waals surface area contributed by atoms with Gasteiger partial charge in [-0.05, 0) is 43.4 Å². The number of benzene rings is 1. The highest BCUT2D eigenvalue weighted by Gasteiger charge is 2.19. The van der Waals surface area contributed by atoms with Gasteiger partial charge in [0.2, 0.25) is 5.91 Å². The summed E-state index contributed by atoms with van der Waals surface area (Å²) in [5.74, 6) is 0.192. The topological polar surface area (TPSA) is 64.7 Å². The van der Waals surface area contributed by atoms with Crippen molar-refractivity contribution in [3.8, 4) is 0 Å². The molecule has 0 radical (unpaired) electrons. The second-order valence-corrected chi connectivity index (χ2v) is 8.91. The molecule has 0 unspecified atom stereocenters. The Morgan fingerprint density at radius 2 is 1.73 bits per heavy atom. The van der Waals surface area contributed by atoms with E-state index in [0.717, 1.165) is 57.0 Å². The maximum absolute atomic E-state index is 12.6. The summed E-state index contributed by atoms with van der Waals surface area (Å²) >= 11 is 5.96. The molecule has 7 heteroatoms. The number of urea groups is 1. The molecule has 1 saturated carbocycles. The average molecular weight is 435 g/mol. The zero-order chi connectivity index (χ0) is 21.2. The van der Waals surface area contributed by atoms with Crippen LogP contribution in [0.2, 0.25) is 5.02 Å². The van der Waals surface area contributed by atoms with E-state index in [9.17, 15) is 9.59 Å². The molecule has 2 N–H and O–H groups in total. The Bertz CT molecular complexity index is 676. The molecule has 1 heterocycles. The van der Waals surface area contributed by atoms with Crippen LogP contribution in [0.1, 0.15) is 56.9 Å². The fourth-order valence-corrected chi connectivity index (χ4v) is 4.44. The van der Waals surface area contributed by atoms with Gasteiger partial charge in [0.1, 0.15) is 0 Å². The van der Waals surface area contributed by atoms with Gasteiger partial charge in [-0.3, -0.25) is 9.69 Å². The predicted octanol–water partition coefficient (Wildman–Crippen LogP) is 3.79. The van der Waals surface area contributed by atoms with Crippen LogP contribution in [0.15, 0.2) is 24.3 Å². The molecule has 30 heavy (non-hydrogen) atoms. The van der Waals surface area contributed by atoms with Gasteiger partial charge >= 0.3 is 6.03 Å². The van der Waals surface area contributed by atoms with Crippen molar-refractivity contribution < 1.29 is 9.59 Å². The lowest BCUT2D eigenvalue weighted by Crippen LogP contribution is -2.43. The van der Waals surface area contributed by atoms with E-state index in [-0.39, 0.29) is 11.9 Å². The maximum atomic E-state index is 12.6. The summed E-state index contributed by atoms with van der Waals surface area (Å²) < 4.78 is 0. The highest BCUT2D eigenvalue weighted by molar-refractivity contribution is 6.30. The lowest BCUT2D eigenvalue weighted by molar-refractivity contribution is -0.131. The number of nitrogens with zero attached hydrogens (tertiary/aromatic N) is 2. The summed E-state index contributed by atoms with van der Waals surface area (Å²) in [6, 6.07) is 8.19. The second kappa shape index (κ2) is 12.2. The molecular weight excluding hydrogens is 400 g/mol. The van der Waals surface area contributed by atoms with Gasteiger partial charge in [0.25, 0.3) is 0 Å². The van der Waals surface area contributed by atoms with Crippen molar-refractivity contribution in [1.82, 2.24) is 20.4 Å². The van der Waals surface area contributed by atoms with Crippen molar-refractivity contribution in [2.75, 3.05) is 32.7 Å². The summed E-state index contributed by atoms with van der Waals surface area (Å²) in [5.41, 5.74) is 1.25. The summed E-state index contributed by atoms with van der Waals surface area (Å²) in [6.45, 7) is 4.89. The van der Waals surface area contributed by atoms with E-state index in [0.29, 0.717) is 25.4 Å². The van der Waals surface area contributed by atoms with E-state index in [4.69, 9.17) is 11.6 Å². The van der Waals surface area contributed by atoms with Crippen molar-refractivity contribution in [3.63, 3.8) is 0 Å². The Balaban J connectivity index is 1.30. The number of carbonyl (C=O) groups is 2. The Morgan fingerprint density at radius 1 is 0.967 bits per heavy atom. The monoisotopic (exact) mass is 434 g/mol. The molecule has 1 aliphatic carbocycles. The van der Waals surface area contributed by atoms with Gasteiger partial charge in [-0.15, -0.1) is 0 Å². The molecule has 3 rings (SSSR count). The van der Waals surface area contributed by atoms with Crippen molar-refractivity contribution in [2.45, 2.75) is 64.0 Å². The molecule has 1 aliphatic heterocycles. The Hall–Kier alpha value is -1.79. The maximum Gasteiger partial charge on any atom is 0.315 e. The number of halogens is 1. The molecule has 0 atom stereocenters. The first kappa shape index (κ1) is 22.9. The number of carbonyl (C=O) groups excluding carboxylic acids is 2. The quantitative estimate of drug-likeness (QED) is 0.642. The largest absolute Gasteiger partial charge is 0.341 e. The van der Waals surface area contributed by atoms with E-state index in [2.05, 4.69) is 27.7 Å². The number of hydrogen-bond acceptors (Lipinski definition) is 3. The number of nitrogens with one attached hydrogen (secondary N) is 2. The fraction of sp³-hybridized carbons (Fsp3) is 0.652. The van der Waals surface area contributed by atoms with Crippen molar-refractivity contribution in [2.24, 2.45) is 0 Å². The second-order valence-electron chi connectivity index (χ2n) is 8.48. The Morgan fingerprint density at radius 3 is 2.50 bits per heavy atom. The SMILES string of the molecule is O=C(NCCCC(=O)N1CCCN(Cc2ccc(Cl)cc2)CC1)NC1CCCCC1. The molecule has 3 amide bonds. The van der Waals surface area contributed by atoms with E-state index in [1.165, 1.54) is 24.8 Å². The standard InChI is InChI=1S/C23H35ClN4O2/c24-20-11-9-19(10-12-20)18-27-14-5-15-28(17-16-27)22(29)8-4-13-25-23(30)26-21-6-2-1-3-7-21/h9-12,21H,1-8,13-18H2,(H2,25,26,30). The normalized spacial score (nSPS) is 18.6. The molecule has 0 bridgehead atoms. The molecule has 1 aromatic rings. The van der Waals surface area contributed by atoms with Crippen LogP contribution in [-0.4, -0.2) is 60.5 Å². The minimum absolute atomic E-state index is 0.0954. The van der Waals surface area contributed by atoms with Crippen LogP contribution in [0.25, 0.3) is 0 Å². The van der Waals surface area contributed by atoms with Crippen LogP contribution in [0.5, 0.6) is 0 Å². The van der Waals surface area contributed by atoms with E-state index in [1.807, 2.05) is 17.0 Å². The summed E-state index contributed by atoms with van der Waals surface area (Å²) in [6.07, 6.45) is 7.99. The van der Waals surface area contributed by atoms with Crippen LogP contribution in [0, 0.1) is 0 Å². The predicted molar refractivity (Wildman–Crippen MR) is 121 cm³/mol. The summed E-state index contributed by atoms with van der Waals surface area (Å²) in [7, 11) is 0. The van der Waals surface area contributed by atoms with E-state index < -0.39 is 0 Å². The van der Waals surface area contributed by atoms with Crippen molar-refractivity contribution >= 4 is 23.5 Å². The Labute approximate surface area is 185 Å². The van der Waals surface area contributed by atoms with Crippen LogP contribution in [0.4, 0.5) is 4.79 Å². The first-order valence-electron chi connectivity index (χ1n) is 11.4. The van der Waals surface area contributed by atoms with E-state index in [1.54, 1.807) is 0 Å². The number of rotatable bonds is 7. The minimum Gasteiger partial charge on any atom is -0.341 e. The molecule has 166 valence electrons. The van der Waals surface area contributed by atoms with Gasteiger partial charge in [0, 0.05) is 56.8 Å². The third-order valence-corrected chi connectivity index (χ3v) is 6.31. The minimum atomic E-state index is -0.0954. The third kappa shape index (κ3) is 7.80. The third-order valence-electron chi connectivity index (χ3n) is 6.05. The summed E-state index contributed by atoms with van der Waals surface area (Å²) in [4.78, 5) is 28.9. The lowest BCUT2D eigenvalue weighted by Gasteiger charge is -2.23. The average Bonchev–Trinajstić information content (AvgIpc) is 2.99. The van der Waals surface area contributed by atoms with Crippen molar-refractivity contribution in [3.05, 3.63) is 34.9 Å². The summed E-state index contributed by atoms with van der Waals surface area (Å²) in [5, 5.41) is 6.71. The lowest BCUT2D eigenvalue weighted by atomic mass is 9.96. The van der Waals surface area contributed by atoms with Gasteiger partial charge in [-0.2, -0.15) is 0 Å². The molecule has 0 spiro atoms. The highest BCUT2D eigenvalue weighted by Crippen LogP contribution is 2.17. The van der Waals surface area contributed by atoms with Crippen molar-refractivity contribution in [1.29, 1.82) is 0 Å². The molecule has 6 nitrogen and oxygen atoms in total. The van der Waals surface area contributed by atoms with Gasteiger partial charge in [0.15, 0.2) is 0 Å². The van der Waals surface area contributed by atoms with Crippen LogP contribution in [0.3, 0.4) is 0 Å². The molecular formula is C23H35ClN4O2. The first-order chi connectivity index (χ1) is 14.6. The zero-order valence-corrected chi connectivity index (χ0v) is 18.6. The van der Waals surface area contributed by atoms with Crippen LogP contribution >= 0.6 is 11.6 Å². The first-order valence-corrected chi connectivity index (χ1v) is 11.8. The smallest absolute Gasteiger partial charge is 0.315 e. The molecule has 2 aliphatic rings. The highest BCUT2D eigenvalue weighted by atomic mass is 35.5. The zero-order valence-electron chi connectivity index (χ0n) is 17.9. The molecule has 2 fully saturated rings. The number of amides is 3. The van der Waals surface area contributed by atoms with Crippen LogP contribution in [-0.2, 0) is 11.3 Å². The molecule has 0 aromatic heterocycles. The van der Waals surface area contributed by atoms with Gasteiger partial charge in [0.05, 0.1) is 0 Å². The van der Waals surface area contributed by atoms with Gasteiger partial charge in [-0.25, -0.2) is 4.79 Å². The van der Waals surface area contributed by atoms with E-state index >= 15 is 0 Å². The number of hydrogen-bond donors (Lipinski definition) is 2. The Kier molecular flexibility index (Phi) is 9.27. The molecule has 1 saturated heterocycles. The van der Waals surface area contributed by atoms with Gasteiger partial charge in [-0.1, -0.05) is 43.0 Å². The molecule has 1 aromatic carbocycles. The fourth-order valence-electron chi connectivity index (χ4n) is 4.31. The van der Waals surface area contributed by atoms with Crippen LogP contribution < -0.4 is 10.6 Å². The van der Waals surface area contributed by atoms with Gasteiger partial charge < -0.3 is 15.5 Å².